The van der Waals surface area contributed by atoms with E-state index in [0.29, 0.717) is 0 Å². The van der Waals surface area contributed by atoms with Crippen molar-refractivity contribution in [1.29, 1.82) is 0 Å². The molecule has 0 atom stereocenters. The molecule has 0 amide bonds. The van der Waals surface area contributed by atoms with Crippen LogP contribution in [-0.4, -0.2) is 0 Å². The van der Waals surface area contributed by atoms with Crippen molar-refractivity contribution in [2.75, 3.05) is 0 Å². The van der Waals surface area contributed by atoms with Crippen LogP contribution in [0.4, 0.5) is 0 Å². The molecular weight excluding hydrogens is 323 g/mol. The van der Waals surface area contributed by atoms with Crippen molar-refractivity contribution in [2.24, 2.45) is 0 Å². The van der Waals surface area contributed by atoms with Crippen molar-refractivity contribution in [2.45, 2.75) is 0 Å². The fraction of sp³-hybridized carbons (Fsp3) is 0. The second-order valence-electron chi connectivity index (χ2n) is 0. The average Bonchev–Trinajstić information content (AvgIpc) is 1.00. The Morgan fingerprint density at radius 2 is 1.20 bits per heavy atom. The average molecular weight is 323 g/mol. The molecule has 0 nitrogen and oxygen atoms in total. The second-order valence-corrected chi connectivity index (χ2v) is 0. The third-order valence-corrected chi connectivity index (χ3v) is 0. The van der Waals surface area contributed by atoms with Crippen LogP contribution in [0.15, 0.2) is 0 Å². The van der Waals surface area contributed by atoms with E-state index in [0.717, 1.165) is 0 Å². The van der Waals surface area contributed by atoms with Gasteiger partial charge in [0.2, 0.25) is 0 Å². The minimum atomic E-state index is 0. The first kappa shape index (κ1) is 25.2. The van der Waals surface area contributed by atoms with Gasteiger partial charge in [-0.1, -0.05) is 0 Å². The van der Waals surface area contributed by atoms with Crippen LogP contribution in [-0.2, 0) is 82.0 Å². The molecule has 0 aromatic heterocycles. The van der Waals surface area contributed by atoms with Gasteiger partial charge in [0, 0.05) is 53.6 Å². The van der Waals surface area contributed by atoms with Crippen molar-refractivity contribution in [3.63, 3.8) is 0 Å². The zero-order valence-electron chi connectivity index (χ0n) is 1.83. The number of hydrogen-bond donors (Lipinski definition) is 0. The summed E-state index contributed by atoms with van der Waals surface area (Å²) >= 11 is 5.75. The first-order valence-corrected chi connectivity index (χ1v) is 2.27. The summed E-state index contributed by atoms with van der Waals surface area (Å²) in [5.74, 6) is 0. The summed E-state index contributed by atoms with van der Waals surface area (Å²) in [5.41, 5.74) is 0. The van der Waals surface area contributed by atoms with Crippen LogP contribution >= 0.6 is 0 Å². The summed E-state index contributed by atoms with van der Waals surface area (Å²) < 4.78 is 0. The topological polar surface area (TPSA) is 0 Å². The van der Waals surface area contributed by atoms with Crippen LogP contribution < -0.4 is 0 Å². The summed E-state index contributed by atoms with van der Waals surface area (Å²) in [6, 6.07) is 0. The van der Waals surface area contributed by atoms with Crippen LogP contribution in [0.1, 0.15) is 0 Å². The van der Waals surface area contributed by atoms with E-state index >= 15 is 0 Å². The summed E-state index contributed by atoms with van der Waals surface area (Å²) in [7, 11) is 0. The van der Waals surface area contributed by atoms with Gasteiger partial charge in [-0.3, -0.25) is 0 Å². The Hall–Kier alpha value is 2.70. The maximum absolute atomic E-state index is 3.06. The molecule has 0 N–H and O–H groups in total. The molecule has 0 aromatic carbocycles. The van der Waals surface area contributed by atoms with E-state index in [1.54, 1.807) is 0 Å². The summed E-state index contributed by atoms with van der Waals surface area (Å²) in [6.07, 6.45) is 0. The first-order valence-electron chi connectivity index (χ1n) is 0.134. The molecule has 0 heterocycles. The molecule has 5 heavy (non-hydrogen) atoms. The van der Waals surface area contributed by atoms with E-state index in [1.165, 1.54) is 0 Å². The van der Waals surface area contributed by atoms with Crippen molar-refractivity contribution in [1.82, 2.24) is 0 Å². The van der Waals surface area contributed by atoms with Gasteiger partial charge in [0.1, 0.15) is 0 Å². The molecule has 0 bridgehead atoms. The van der Waals surface area contributed by atoms with Crippen molar-refractivity contribution in [3.8, 4) is 0 Å². The van der Waals surface area contributed by atoms with Gasteiger partial charge in [0.05, 0.1) is 0 Å². The monoisotopic (exact) mass is 324 g/mol. The maximum atomic E-state index is 3.06. The van der Waals surface area contributed by atoms with Crippen molar-refractivity contribution in [3.05, 3.63) is 0 Å². The normalized spacial score (nSPS) is 1.20. The van der Waals surface area contributed by atoms with Crippen LogP contribution in [0.2, 0.25) is 0 Å². The van der Waals surface area contributed by atoms with Gasteiger partial charge >= 0.3 is 28.4 Å². The summed E-state index contributed by atoms with van der Waals surface area (Å²) in [5, 5.41) is 0. The molecule has 0 aromatic rings. The SMILES string of the molecule is [Co].[Cr].[Mn][Fe].[Ru]. The van der Waals surface area contributed by atoms with E-state index in [2.05, 4.69) is 28.4 Å². The smallest absolute Gasteiger partial charge is 0 e. The Bertz CT molecular complexity index is 11.6. The molecule has 0 aliphatic carbocycles. The molecule has 0 saturated heterocycles. The standard InChI is InChI=1S/Co.Cr.Fe.Mn.Ru. The maximum Gasteiger partial charge on any atom is 0 e. The van der Waals surface area contributed by atoms with Gasteiger partial charge in [-0.15, -0.1) is 0 Å². The van der Waals surface area contributed by atoms with Crippen LogP contribution in [0.25, 0.3) is 0 Å². The third-order valence-electron chi connectivity index (χ3n) is 0. The van der Waals surface area contributed by atoms with Crippen LogP contribution in [0.5, 0.6) is 0 Å². The van der Waals surface area contributed by atoms with Gasteiger partial charge in [0.25, 0.3) is 0 Å². The van der Waals surface area contributed by atoms with Gasteiger partial charge in [-0.05, 0) is 0 Å². The second kappa shape index (κ2) is 29.9. The Kier molecular flexibility index (Phi) is 151. The molecule has 0 saturated carbocycles. The zero-order chi connectivity index (χ0) is 2.00. The third kappa shape index (κ3) is 20.3. The number of rotatable bonds is 0. The molecule has 1 radical (unpaired) electrons. The van der Waals surface area contributed by atoms with Gasteiger partial charge in [-0.25, -0.2) is 0 Å². The van der Waals surface area contributed by atoms with E-state index in [9.17, 15) is 0 Å². The van der Waals surface area contributed by atoms with E-state index in [4.69, 9.17) is 0 Å². The van der Waals surface area contributed by atoms with Gasteiger partial charge in [-0.2, -0.15) is 0 Å². The molecular formula is CoCrFeMnRu. The molecule has 5 heteroatoms. The van der Waals surface area contributed by atoms with E-state index < -0.39 is 0 Å². The van der Waals surface area contributed by atoms with Gasteiger partial charge in [0.15, 0.2) is 0 Å². The molecule has 0 aliphatic heterocycles. The summed E-state index contributed by atoms with van der Waals surface area (Å²) in [4.78, 5) is 0. The predicted octanol–water partition coefficient (Wildman–Crippen LogP) is -0.0125. The quantitative estimate of drug-likeness (QED) is 0.550. The van der Waals surface area contributed by atoms with E-state index in [1.807, 2.05) is 0 Å². The van der Waals surface area contributed by atoms with Crippen molar-refractivity contribution >= 4 is 0 Å². The Balaban J connectivity index is -0.00000000167. The molecule has 0 aliphatic rings. The minimum absolute atomic E-state index is 0. The molecule has 0 fully saturated rings. The van der Waals surface area contributed by atoms with Crippen LogP contribution in [0.3, 0.4) is 0 Å². The molecule has 38 valence electrons. The van der Waals surface area contributed by atoms with Gasteiger partial charge < -0.3 is 0 Å². The zero-order valence-corrected chi connectivity index (χ0v) is 8.17. The Morgan fingerprint density at radius 3 is 1.20 bits per heavy atom. The first-order chi connectivity index (χ1) is 1.00. The fourth-order valence-corrected chi connectivity index (χ4v) is 0. The Morgan fingerprint density at radius 1 is 1.20 bits per heavy atom. The van der Waals surface area contributed by atoms with Crippen molar-refractivity contribution < 1.29 is 82.0 Å². The fourth-order valence-electron chi connectivity index (χ4n) is 0. The number of hydrogen-bond acceptors (Lipinski definition) is 0. The Labute approximate surface area is 80.9 Å². The molecule has 0 spiro atoms. The molecule has 0 unspecified atom stereocenters. The summed E-state index contributed by atoms with van der Waals surface area (Å²) in [6.45, 7) is 0. The minimum Gasteiger partial charge on any atom is 0 e. The van der Waals surface area contributed by atoms with E-state index in [-0.39, 0.29) is 53.6 Å². The molecule has 0 rings (SSSR count). The largest absolute Gasteiger partial charge is 0 e. The predicted molar refractivity (Wildman–Crippen MR) is 0 cm³/mol. The van der Waals surface area contributed by atoms with Crippen LogP contribution in [0, 0.1) is 0 Å².